The molecule has 5 atom stereocenters. The van der Waals surface area contributed by atoms with Gasteiger partial charge in [-0.05, 0) is 0 Å². The van der Waals surface area contributed by atoms with Crippen LogP contribution in [0.4, 0.5) is 0 Å². The fourth-order valence-corrected chi connectivity index (χ4v) is 1.72. The standard InChI is InChI=1S/C9H16O8/c1-16-5-2-9(15,8(13)14)17-7(6(5)12)4(11)3-10/h4-7,10-12,15H,2-3H2,1H3,(H,13,14)/t4-,5-,6-,7-,9-/m1/s1. The Morgan fingerprint density at radius 2 is 2.24 bits per heavy atom. The Bertz CT molecular complexity index is 282. The lowest BCUT2D eigenvalue weighted by Gasteiger charge is -2.42. The van der Waals surface area contributed by atoms with Crippen molar-refractivity contribution < 1.29 is 39.8 Å². The highest BCUT2D eigenvalue weighted by molar-refractivity contribution is 5.75. The quantitative estimate of drug-likeness (QED) is 0.364. The first kappa shape index (κ1) is 14.3. The van der Waals surface area contributed by atoms with Crippen LogP contribution in [0.1, 0.15) is 6.42 Å². The van der Waals surface area contributed by atoms with Gasteiger partial charge in [0.25, 0.3) is 5.79 Å². The Morgan fingerprint density at radius 3 is 2.65 bits per heavy atom. The summed E-state index contributed by atoms with van der Waals surface area (Å²) >= 11 is 0. The van der Waals surface area contributed by atoms with Crippen LogP contribution < -0.4 is 0 Å². The third-order valence-corrected chi connectivity index (χ3v) is 2.73. The summed E-state index contributed by atoms with van der Waals surface area (Å²) in [5, 5.41) is 46.4. The molecule has 0 aliphatic carbocycles. The first-order valence-corrected chi connectivity index (χ1v) is 4.99. The number of aliphatic carboxylic acids is 1. The van der Waals surface area contributed by atoms with Crippen LogP contribution in [0.5, 0.6) is 0 Å². The molecule has 17 heavy (non-hydrogen) atoms. The molecule has 0 aromatic carbocycles. The van der Waals surface area contributed by atoms with Crippen LogP contribution in [0.2, 0.25) is 0 Å². The van der Waals surface area contributed by atoms with Gasteiger partial charge in [-0.25, -0.2) is 4.79 Å². The van der Waals surface area contributed by atoms with Crippen LogP contribution in [0, 0.1) is 0 Å². The van der Waals surface area contributed by atoms with E-state index in [9.17, 15) is 20.1 Å². The second-order valence-corrected chi connectivity index (χ2v) is 3.89. The van der Waals surface area contributed by atoms with Crippen LogP contribution in [-0.2, 0) is 14.3 Å². The van der Waals surface area contributed by atoms with Crippen molar-refractivity contribution in [1.29, 1.82) is 0 Å². The van der Waals surface area contributed by atoms with Gasteiger partial charge in [-0.3, -0.25) is 0 Å². The van der Waals surface area contributed by atoms with E-state index in [1.165, 1.54) is 7.11 Å². The summed E-state index contributed by atoms with van der Waals surface area (Å²) in [6.07, 6.45) is -5.80. The van der Waals surface area contributed by atoms with Crippen LogP contribution in [-0.4, -0.2) is 75.4 Å². The minimum absolute atomic E-state index is 0.478. The smallest absolute Gasteiger partial charge is 0.364 e. The Balaban J connectivity index is 2.94. The second kappa shape index (κ2) is 5.25. The molecule has 1 saturated heterocycles. The first-order chi connectivity index (χ1) is 7.85. The molecule has 1 rings (SSSR count). The van der Waals surface area contributed by atoms with E-state index in [2.05, 4.69) is 0 Å². The average molecular weight is 252 g/mol. The van der Waals surface area contributed by atoms with Crippen LogP contribution in [0.25, 0.3) is 0 Å². The second-order valence-electron chi connectivity index (χ2n) is 3.89. The zero-order chi connectivity index (χ0) is 13.2. The molecule has 1 aliphatic rings. The number of rotatable bonds is 4. The molecule has 8 nitrogen and oxygen atoms in total. The van der Waals surface area contributed by atoms with Crippen LogP contribution >= 0.6 is 0 Å². The van der Waals surface area contributed by atoms with Gasteiger partial charge in [0.1, 0.15) is 18.3 Å². The van der Waals surface area contributed by atoms with Crippen molar-refractivity contribution in [2.45, 2.75) is 36.6 Å². The minimum Gasteiger partial charge on any atom is -0.477 e. The van der Waals surface area contributed by atoms with Crippen molar-refractivity contribution >= 4 is 5.97 Å². The van der Waals surface area contributed by atoms with E-state index in [1.54, 1.807) is 0 Å². The highest BCUT2D eigenvalue weighted by atomic mass is 16.7. The highest BCUT2D eigenvalue weighted by Crippen LogP contribution is 2.30. The van der Waals surface area contributed by atoms with Crippen molar-refractivity contribution in [3.8, 4) is 0 Å². The van der Waals surface area contributed by atoms with E-state index in [4.69, 9.17) is 19.7 Å². The van der Waals surface area contributed by atoms with Gasteiger partial charge < -0.3 is 35.0 Å². The SMILES string of the molecule is CO[C@@H]1C[C@](O)(C(=O)O)O[C@H]([C@H](O)CO)[C@@H]1O. The van der Waals surface area contributed by atoms with Gasteiger partial charge in [0.15, 0.2) is 0 Å². The average Bonchev–Trinajstić information content (AvgIpc) is 2.30. The molecule has 0 bridgehead atoms. The predicted octanol–water partition coefficient (Wildman–Crippen LogP) is -2.72. The molecule has 100 valence electrons. The number of methoxy groups -OCH3 is 1. The molecule has 0 aromatic rings. The van der Waals surface area contributed by atoms with E-state index >= 15 is 0 Å². The van der Waals surface area contributed by atoms with E-state index in [0.717, 1.165) is 0 Å². The third kappa shape index (κ3) is 2.73. The summed E-state index contributed by atoms with van der Waals surface area (Å²) in [6, 6.07) is 0. The van der Waals surface area contributed by atoms with Crippen LogP contribution in [0.3, 0.4) is 0 Å². The Hall–Kier alpha value is -0.770. The molecule has 0 saturated carbocycles. The normalized spacial score (nSPS) is 39.9. The molecule has 1 heterocycles. The number of carboxylic acids is 1. The fraction of sp³-hybridized carbons (Fsp3) is 0.889. The van der Waals surface area contributed by atoms with Crippen molar-refractivity contribution in [2.24, 2.45) is 0 Å². The maximum Gasteiger partial charge on any atom is 0.364 e. The van der Waals surface area contributed by atoms with Crippen LogP contribution in [0.15, 0.2) is 0 Å². The van der Waals surface area contributed by atoms with E-state index < -0.39 is 49.2 Å². The zero-order valence-corrected chi connectivity index (χ0v) is 9.18. The minimum atomic E-state index is -2.55. The lowest BCUT2D eigenvalue weighted by molar-refractivity contribution is -0.311. The molecule has 0 unspecified atom stereocenters. The van der Waals surface area contributed by atoms with Crippen molar-refractivity contribution in [3.63, 3.8) is 0 Å². The number of hydrogen-bond acceptors (Lipinski definition) is 7. The molecule has 1 fully saturated rings. The number of carboxylic acid groups (broad SMARTS) is 1. The molecule has 0 spiro atoms. The predicted molar refractivity (Wildman–Crippen MR) is 52.0 cm³/mol. The van der Waals surface area contributed by atoms with E-state index in [1.807, 2.05) is 0 Å². The molecule has 5 N–H and O–H groups in total. The fourth-order valence-electron chi connectivity index (χ4n) is 1.72. The summed E-state index contributed by atoms with van der Waals surface area (Å²) in [4.78, 5) is 10.8. The molecule has 0 radical (unpaired) electrons. The Labute approximate surface area is 97.0 Å². The Kier molecular flexibility index (Phi) is 4.42. The summed E-state index contributed by atoms with van der Waals surface area (Å²) in [5.74, 6) is -4.21. The summed E-state index contributed by atoms with van der Waals surface area (Å²) in [7, 11) is 1.23. The molecular weight excluding hydrogens is 236 g/mol. The van der Waals surface area contributed by atoms with Gasteiger partial charge in [-0.15, -0.1) is 0 Å². The first-order valence-electron chi connectivity index (χ1n) is 4.99. The number of ether oxygens (including phenoxy) is 2. The zero-order valence-electron chi connectivity index (χ0n) is 9.18. The van der Waals surface area contributed by atoms with Gasteiger partial charge >= 0.3 is 5.97 Å². The molecule has 8 heteroatoms. The Morgan fingerprint density at radius 1 is 1.65 bits per heavy atom. The maximum atomic E-state index is 10.8. The molecule has 1 aliphatic heterocycles. The summed E-state index contributed by atoms with van der Waals surface area (Å²) < 4.78 is 9.58. The highest BCUT2D eigenvalue weighted by Gasteiger charge is 2.52. The van der Waals surface area contributed by atoms with E-state index in [0.29, 0.717) is 0 Å². The molecular formula is C9H16O8. The van der Waals surface area contributed by atoms with Gasteiger partial charge in [0, 0.05) is 13.5 Å². The molecule has 0 aromatic heterocycles. The lowest BCUT2D eigenvalue weighted by atomic mass is 9.92. The topological polar surface area (TPSA) is 137 Å². The number of aliphatic hydroxyl groups excluding tert-OH is 3. The van der Waals surface area contributed by atoms with Gasteiger partial charge in [-0.1, -0.05) is 0 Å². The maximum absolute atomic E-state index is 10.8. The van der Waals surface area contributed by atoms with Gasteiger partial charge in [0.05, 0.1) is 12.7 Å². The van der Waals surface area contributed by atoms with Gasteiger partial charge in [-0.2, -0.15) is 0 Å². The number of carbonyl (C=O) groups is 1. The largest absolute Gasteiger partial charge is 0.477 e. The third-order valence-electron chi connectivity index (χ3n) is 2.73. The number of hydrogen-bond donors (Lipinski definition) is 5. The number of aliphatic hydroxyl groups is 4. The van der Waals surface area contributed by atoms with Crippen molar-refractivity contribution in [1.82, 2.24) is 0 Å². The molecule has 0 amide bonds. The summed E-state index contributed by atoms with van der Waals surface area (Å²) in [6.45, 7) is -0.742. The van der Waals surface area contributed by atoms with Crippen molar-refractivity contribution in [2.75, 3.05) is 13.7 Å². The van der Waals surface area contributed by atoms with Gasteiger partial charge in [0.2, 0.25) is 0 Å². The van der Waals surface area contributed by atoms with E-state index in [-0.39, 0.29) is 0 Å². The summed E-state index contributed by atoms with van der Waals surface area (Å²) in [5.41, 5.74) is 0. The van der Waals surface area contributed by atoms with Crippen molar-refractivity contribution in [3.05, 3.63) is 0 Å². The lowest BCUT2D eigenvalue weighted by Crippen LogP contribution is -2.62. The monoisotopic (exact) mass is 252 g/mol.